The van der Waals surface area contributed by atoms with Gasteiger partial charge in [0.05, 0.1) is 11.7 Å². The number of amides is 1. The molecule has 0 aliphatic rings. The smallest absolute Gasteiger partial charge is 0.322 e. The topological polar surface area (TPSA) is 144 Å². The third kappa shape index (κ3) is 5.52. The van der Waals surface area contributed by atoms with E-state index in [0.29, 0.717) is 0 Å². The van der Waals surface area contributed by atoms with Crippen LogP contribution < -0.4 is 5.32 Å². The lowest BCUT2D eigenvalue weighted by atomic mass is 9.97. The predicted molar refractivity (Wildman–Crippen MR) is 54.2 cm³/mol. The van der Waals surface area contributed by atoms with E-state index in [1.54, 1.807) is 0 Å². The van der Waals surface area contributed by atoms with E-state index < -0.39 is 48.6 Å². The van der Waals surface area contributed by atoms with Gasteiger partial charge in [0.1, 0.15) is 12.6 Å². The van der Waals surface area contributed by atoms with Gasteiger partial charge in [-0.3, -0.25) is 14.4 Å². The van der Waals surface area contributed by atoms with Crippen molar-refractivity contribution < 1.29 is 34.8 Å². The van der Waals surface area contributed by atoms with Gasteiger partial charge >= 0.3 is 11.9 Å². The SMILES string of the molecule is C=C(O)CC(C(=O)O)C(O)C(=O)NCC(=O)O. The number of nitrogens with one attached hydrogen (secondary N) is 1. The second-order valence-electron chi connectivity index (χ2n) is 3.27. The lowest BCUT2D eigenvalue weighted by Crippen LogP contribution is -2.44. The minimum Gasteiger partial charge on any atom is -0.513 e. The first kappa shape index (κ1) is 14.9. The fraction of sp³-hybridized carbons (Fsp3) is 0.444. The average molecular weight is 247 g/mol. The van der Waals surface area contributed by atoms with Gasteiger partial charge in [0.15, 0.2) is 0 Å². The van der Waals surface area contributed by atoms with Gasteiger partial charge in [-0.05, 0) is 0 Å². The number of aliphatic carboxylic acids is 2. The molecule has 0 bridgehead atoms. The highest BCUT2D eigenvalue weighted by Gasteiger charge is 2.32. The van der Waals surface area contributed by atoms with Gasteiger partial charge in [0.25, 0.3) is 0 Å². The summed E-state index contributed by atoms with van der Waals surface area (Å²) in [6, 6.07) is 0. The Morgan fingerprint density at radius 3 is 2.06 bits per heavy atom. The van der Waals surface area contributed by atoms with Gasteiger partial charge in [-0.25, -0.2) is 0 Å². The van der Waals surface area contributed by atoms with E-state index in [4.69, 9.17) is 15.3 Å². The predicted octanol–water partition coefficient (Wildman–Crippen LogP) is -1.29. The molecule has 17 heavy (non-hydrogen) atoms. The molecule has 0 heterocycles. The first-order chi connectivity index (χ1) is 7.75. The van der Waals surface area contributed by atoms with Crippen LogP contribution in [0.3, 0.4) is 0 Å². The van der Waals surface area contributed by atoms with E-state index in [2.05, 4.69) is 6.58 Å². The van der Waals surface area contributed by atoms with Crippen molar-refractivity contribution in [2.24, 2.45) is 5.92 Å². The van der Waals surface area contributed by atoms with Gasteiger partial charge in [-0.1, -0.05) is 6.58 Å². The van der Waals surface area contributed by atoms with Crippen LogP contribution in [0, 0.1) is 5.92 Å². The molecule has 5 N–H and O–H groups in total. The molecular weight excluding hydrogens is 234 g/mol. The zero-order valence-electron chi connectivity index (χ0n) is 8.79. The van der Waals surface area contributed by atoms with Gasteiger partial charge in [0, 0.05) is 6.42 Å². The van der Waals surface area contributed by atoms with Crippen molar-refractivity contribution in [3.05, 3.63) is 12.3 Å². The molecule has 0 rings (SSSR count). The number of carbonyl (C=O) groups is 3. The summed E-state index contributed by atoms with van der Waals surface area (Å²) >= 11 is 0. The van der Waals surface area contributed by atoms with Crippen molar-refractivity contribution in [3.8, 4) is 0 Å². The zero-order chi connectivity index (χ0) is 13.6. The quantitative estimate of drug-likeness (QED) is 0.352. The molecule has 0 spiro atoms. The minimum absolute atomic E-state index is 0.498. The van der Waals surface area contributed by atoms with Crippen molar-refractivity contribution in [2.75, 3.05) is 6.54 Å². The van der Waals surface area contributed by atoms with E-state index in [0.717, 1.165) is 0 Å². The van der Waals surface area contributed by atoms with Crippen LogP contribution in [-0.4, -0.2) is 50.9 Å². The summed E-state index contributed by atoms with van der Waals surface area (Å²) in [5.74, 6) is -6.05. The lowest BCUT2D eigenvalue weighted by Gasteiger charge is -2.17. The van der Waals surface area contributed by atoms with Gasteiger partial charge < -0.3 is 25.7 Å². The Balaban J connectivity index is 4.54. The zero-order valence-corrected chi connectivity index (χ0v) is 8.79. The Hall–Kier alpha value is -2.09. The van der Waals surface area contributed by atoms with Crippen molar-refractivity contribution in [1.29, 1.82) is 0 Å². The Labute approximate surface area is 96.2 Å². The molecule has 0 radical (unpaired) electrons. The number of hydrogen-bond acceptors (Lipinski definition) is 5. The van der Waals surface area contributed by atoms with Crippen molar-refractivity contribution in [1.82, 2.24) is 5.32 Å². The summed E-state index contributed by atoms with van der Waals surface area (Å²) in [7, 11) is 0. The average Bonchev–Trinajstić information content (AvgIpc) is 2.20. The molecule has 8 nitrogen and oxygen atoms in total. The van der Waals surface area contributed by atoms with Gasteiger partial charge in [0.2, 0.25) is 5.91 Å². The third-order valence-corrected chi connectivity index (χ3v) is 1.84. The first-order valence-electron chi connectivity index (χ1n) is 4.52. The van der Waals surface area contributed by atoms with Crippen LogP contribution in [0.1, 0.15) is 6.42 Å². The molecule has 96 valence electrons. The largest absolute Gasteiger partial charge is 0.513 e. The molecule has 0 saturated heterocycles. The molecule has 2 atom stereocenters. The van der Waals surface area contributed by atoms with Crippen LogP contribution in [0.15, 0.2) is 12.3 Å². The fourth-order valence-electron chi connectivity index (χ4n) is 1.04. The highest BCUT2D eigenvalue weighted by atomic mass is 16.4. The number of aliphatic hydroxyl groups is 2. The highest BCUT2D eigenvalue weighted by Crippen LogP contribution is 2.13. The highest BCUT2D eigenvalue weighted by molar-refractivity contribution is 5.88. The molecule has 0 aromatic carbocycles. The van der Waals surface area contributed by atoms with Crippen molar-refractivity contribution >= 4 is 17.8 Å². The Morgan fingerprint density at radius 2 is 1.71 bits per heavy atom. The molecule has 0 aliphatic heterocycles. The fourth-order valence-corrected chi connectivity index (χ4v) is 1.04. The summed E-state index contributed by atoms with van der Waals surface area (Å²) in [6.07, 6.45) is -2.47. The molecule has 0 fully saturated rings. The molecular formula is C9H13NO7. The molecule has 0 saturated carbocycles. The number of rotatable bonds is 7. The second-order valence-corrected chi connectivity index (χ2v) is 3.27. The Kier molecular flexibility index (Phi) is 5.69. The third-order valence-electron chi connectivity index (χ3n) is 1.84. The summed E-state index contributed by atoms with van der Waals surface area (Å²) in [6.45, 7) is 2.31. The van der Waals surface area contributed by atoms with Crippen LogP contribution in [0.4, 0.5) is 0 Å². The van der Waals surface area contributed by atoms with Crippen molar-refractivity contribution in [2.45, 2.75) is 12.5 Å². The number of hydrogen-bond donors (Lipinski definition) is 5. The van der Waals surface area contributed by atoms with E-state index in [9.17, 15) is 19.5 Å². The van der Waals surface area contributed by atoms with Crippen LogP contribution >= 0.6 is 0 Å². The summed E-state index contributed by atoms with van der Waals surface area (Å²) in [4.78, 5) is 32.0. The monoisotopic (exact) mass is 247 g/mol. The maximum Gasteiger partial charge on any atom is 0.322 e. The maximum absolute atomic E-state index is 11.2. The normalized spacial score (nSPS) is 13.5. The van der Waals surface area contributed by atoms with Crippen LogP contribution in [0.2, 0.25) is 0 Å². The molecule has 0 aromatic heterocycles. The van der Waals surface area contributed by atoms with Gasteiger partial charge in [-0.2, -0.15) is 0 Å². The number of aliphatic hydroxyl groups excluding tert-OH is 2. The standard InChI is InChI=1S/C9H13NO7/c1-4(11)2-5(9(16)17)7(14)8(15)10-3-6(12)13/h5,7,11,14H,1-3H2,(H,10,15)(H,12,13)(H,16,17). The van der Waals surface area contributed by atoms with Crippen LogP contribution in [0.25, 0.3) is 0 Å². The maximum atomic E-state index is 11.2. The van der Waals surface area contributed by atoms with Crippen LogP contribution in [0.5, 0.6) is 0 Å². The lowest BCUT2D eigenvalue weighted by molar-refractivity contribution is -0.151. The van der Waals surface area contributed by atoms with E-state index in [-0.39, 0.29) is 0 Å². The van der Waals surface area contributed by atoms with Crippen molar-refractivity contribution in [3.63, 3.8) is 0 Å². The van der Waals surface area contributed by atoms with E-state index in [1.807, 2.05) is 5.32 Å². The van der Waals surface area contributed by atoms with E-state index >= 15 is 0 Å². The molecule has 2 unspecified atom stereocenters. The second kappa shape index (κ2) is 6.48. The molecule has 8 heteroatoms. The number of carboxylic acid groups (broad SMARTS) is 2. The first-order valence-corrected chi connectivity index (χ1v) is 4.52. The Morgan fingerprint density at radius 1 is 1.18 bits per heavy atom. The number of carboxylic acids is 2. The number of allylic oxidation sites excluding steroid dienone is 1. The summed E-state index contributed by atoms with van der Waals surface area (Å²) < 4.78 is 0. The summed E-state index contributed by atoms with van der Waals surface area (Å²) in [5, 5.41) is 37.0. The molecule has 0 aromatic rings. The van der Waals surface area contributed by atoms with Gasteiger partial charge in [-0.15, -0.1) is 0 Å². The summed E-state index contributed by atoms with van der Waals surface area (Å²) in [5.41, 5.74) is 0. The Bertz CT molecular complexity index is 338. The minimum atomic E-state index is -1.96. The van der Waals surface area contributed by atoms with E-state index in [1.165, 1.54) is 0 Å². The molecule has 1 amide bonds. The number of carbonyl (C=O) groups excluding carboxylic acids is 1. The molecule has 0 aliphatic carbocycles. The van der Waals surface area contributed by atoms with Crippen LogP contribution in [-0.2, 0) is 14.4 Å².